The normalized spacial score (nSPS) is 40.4. The molecule has 1 rings (SSSR count). The minimum atomic E-state index is -0.116. The molecule has 10 heavy (non-hydrogen) atoms. The van der Waals surface area contributed by atoms with E-state index in [0.717, 1.165) is 12.8 Å². The average molecular weight is 140 g/mol. The fourth-order valence-corrected chi connectivity index (χ4v) is 1.36. The van der Waals surface area contributed by atoms with E-state index in [2.05, 4.69) is 6.92 Å². The van der Waals surface area contributed by atoms with Crippen molar-refractivity contribution in [3.63, 3.8) is 0 Å². The summed E-state index contributed by atoms with van der Waals surface area (Å²) >= 11 is 0. The zero-order chi connectivity index (χ0) is 7.56. The summed E-state index contributed by atoms with van der Waals surface area (Å²) in [5.41, 5.74) is 0. The minimum Gasteiger partial charge on any atom is -0.382 e. The molecule has 0 amide bonds. The Hall–Kier alpha value is -0.0151. The lowest BCUT2D eigenvalue weighted by atomic mass is 9.96. The standard InChI is InChI=1S/C7H13BO2/c1-3-5-6(9-2)4-7(8)10-5/h5-7H,3-4H2,1-2H3/t5-,6-,7-/m1/s1. The first kappa shape index (κ1) is 8.09. The highest BCUT2D eigenvalue weighted by atomic mass is 16.6. The molecule has 0 aliphatic carbocycles. The van der Waals surface area contributed by atoms with Gasteiger partial charge in [0.05, 0.1) is 12.2 Å². The minimum absolute atomic E-state index is 0.116. The maximum Gasteiger partial charge on any atom is 0.109 e. The van der Waals surface area contributed by atoms with Crippen molar-refractivity contribution in [2.45, 2.75) is 38.0 Å². The van der Waals surface area contributed by atoms with Crippen molar-refractivity contribution >= 4 is 7.85 Å². The van der Waals surface area contributed by atoms with Crippen molar-refractivity contribution in [1.82, 2.24) is 0 Å². The van der Waals surface area contributed by atoms with Gasteiger partial charge in [0.2, 0.25) is 0 Å². The number of hydrogen-bond acceptors (Lipinski definition) is 2. The molecular weight excluding hydrogens is 127 g/mol. The van der Waals surface area contributed by atoms with Gasteiger partial charge >= 0.3 is 0 Å². The lowest BCUT2D eigenvalue weighted by molar-refractivity contribution is 0.00825. The molecular formula is C7H13BO2. The van der Waals surface area contributed by atoms with Crippen LogP contribution in [0, 0.1) is 0 Å². The molecule has 0 bridgehead atoms. The first-order valence-electron chi connectivity index (χ1n) is 3.71. The van der Waals surface area contributed by atoms with Crippen molar-refractivity contribution in [2.75, 3.05) is 7.11 Å². The van der Waals surface area contributed by atoms with Crippen LogP contribution in [0.3, 0.4) is 0 Å². The van der Waals surface area contributed by atoms with Gasteiger partial charge in [-0.2, -0.15) is 0 Å². The molecule has 1 heterocycles. The average Bonchev–Trinajstić information content (AvgIpc) is 2.30. The van der Waals surface area contributed by atoms with Gasteiger partial charge in [-0.15, -0.1) is 0 Å². The van der Waals surface area contributed by atoms with Gasteiger partial charge in [0.1, 0.15) is 7.85 Å². The molecule has 2 radical (unpaired) electrons. The van der Waals surface area contributed by atoms with Gasteiger partial charge in [-0.25, -0.2) is 0 Å². The third kappa shape index (κ3) is 1.52. The Bertz CT molecular complexity index is 95.8. The van der Waals surface area contributed by atoms with E-state index in [-0.39, 0.29) is 18.2 Å². The molecule has 0 spiro atoms. The number of methoxy groups -OCH3 is 1. The maximum atomic E-state index is 5.56. The van der Waals surface area contributed by atoms with Crippen LogP contribution in [0.1, 0.15) is 19.8 Å². The van der Waals surface area contributed by atoms with Crippen molar-refractivity contribution in [3.05, 3.63) is 0 Å². The van der Waals surface area contributed by atoms with Gasteiger partial charge in [0, 0.05) is 13.1 Å². The SMILES string of the molecule is [B][C@H]1C[C@@H](OC)[C@@H](CC)O1. The number of hydrogen-bond donors (Lipinski definition) is 0. The molecule has 1 fully saturated rings. The first-order valence-corrected chi connectivity index (χ1v) is 3.71. The van der Waals surface area contributed by atoms with Gasteiger partial charge in [-0.1, -0.05) is 6.92 Å². The predicted molar refractivity (Wildman–Crippen MR) is 40.1 cm³/mol. The molecule has 0 unspecified atom stereocenters. The maximum absolute atomic E-state index is 5.56. The zero-order valence-corrected chi connectivity index (χ0v) is 6.54. The highest BCUT2D eigenvalue weighted by molar-refractivity contribution is 6.11. The van der Waals surface area contributed by atoms with E-state index < -0.39 is 0 Å². The molecule has 2 nitrogen and oxygen atoms in total. The lowest BCUT2D eigenvalue weighted by Gasteiger charge is -2.14. The number of rotatable bonds is 2. The van der Waals surface area contributed by atoms with E-state index in [0.29, 0.717) is 0 Å². The summed E-state index contributed by atoms with van der Waals surface area (Å²) in [6.45, 7) is 2.08. The summed E-state index contributed by atoms with van der Waals surface area (Å²) in [5.74, 6) is 0. The van der Waals surface area contributed by atoms with Crippen molar-refractivity contribution < 1.29 is 9.47 Å². The van der Waals surface area contributed by atoms with Gasteiger partial charge < -0.3 is 9.47 Å². The topological polar surface area (TPSA) is 18.5 Å². The molecule has 56 valence electrons. The zero-order valence-electron chi connectivity index (χ0n) is 6.54. The van der Waals surface area contributed by atoms with E-state index in [1.807, 2.05) is 0 Å². The molecule has 0 N–H and O–H groups in total. The van der Waals surface area contributed by atoms with E-state index in [1.54, 1.807) is 7.11 Å². The van der Waals surface area contributed by atoms with Crippen molar-refractivity contribution in [1.29, 1.82) is 0 Å². The Labute approximate surface area is 63.3 Å². The second-order valence-electron chi connectivity index (χ2n) is 2.63. The number of ether oxygens (including phenoxy) is 2. The summed E-state index contributed by atoms with van der Waals surface area (Å²) in [5, 5.41) is 0. The van der Waals surface area contributed by atoms with Crippen LogP contribution in [0.4, 0.5) is 0 Å². The summed E-state index contributed by atoms with van der Waals surface area (Å²) in [4.78, 5) is 0. The second kappa shape index (κ2) is 3.40. The van der Waals surface area contributed by atoms with Gasteiger partial charge in [-0.05, 0) is 12.8 Å². The van der Waals surface area contributed by atoms with Crippen molar-refractivity contribution in [3.8, 4) is 0 Å². The molecule has 1 saturated heterocycles. The monoisotopic (exact) mass is 140 g/mol. The predicted octanol–water partition coefficient (Wildman–Crippen LogP) is 0.695. The fourth-order valence-electron chi connectivity index (χ4n) is 1.36. The third-order valence-corrected chi connectivity index (χ3v) is 1.93. The molecule has 3 heteroatoms. The molecule has 0 aromatic carbocycles. The van der Waals surface area contributed by atoms with Gasteiger partial charge in [0.25, 0.3) is 0 Å². The highest BCUT2D eigenvalue weighted by Crippen LogP contribution is 2.22. The largest absolute Gasteiger partial charge is 0.382 e. The highest BCUT2D eigenvalue weighted by Gasteiger charge is 2.30. The smallest absolute Gasteiger partial charge is 0.109 e. The van der Waals surface area contributed by atoms with Gasteiger partial charge in [0.15, 0.2) is 0 Å². The second-order valence-corrected chi connectivity index (χ2v) is 2.63. The molecule has 0 aromatic rings. The third-order valence-electron chi connectivity index (χ3n) is 1.93. The Morgan fingerprint density at radius 1 is 1.70 bits per heavy atom. The fraction of sp³-hybridized carbons (Fsp3) is 1.00. The lowest BCUT2D eigenvalue weighted by Crippen LogP contribution is -2.21. The molecule has 1 aliphatic rings. The van der Waals surface area contributed by atoms with Crippen LogP contribution in [0.25, 0.3) is 0 Å². The summed E-state index contributed by atoms with van der Waals surface area (Å²) in [6, 6.07) is -0.116. The van der Waals surface area contributed by atoms with E-state index >= 15 is 0 Å². The van der Waals surface area contributed by atoms with E-state index in [1.165, 1.54) is 0 Å². The van der Waals surface area contributed by atoms with E-state index in [9.17, 15) is 0 Å². The molecule has 0 saturated carbocycles. The Morgan fingerprint density at radius 2 is 2.40 bits per heavy atom. The van der Waals surface area contributed by atoms with Crippen LogP contribution in [0.2, 0.25) is 0 Å². The van der Waals surface area contributed by atoms with Crippen LogP contribution in [-0.2, 0) is 9.47 Å². The van der Waals surface area contributed by atoms with Crippen LogP contribution in [-0.4, -0.2) is 33.2 Å². The summed E-state index contributed by atoms with van der Waals surface area (Å²) in [6.07, 6.45) is 2.22. The van der Waals surface area contributed by atoms with Crippen LogP contribution >= 0.6 is 0 Å². The first-order chi connectivity index (χ1) is 4.77. The van der Waals surface area contributed by atoms with Crippen LogP contribution in [0.5, 0.6) is 0 Å². The Morgan fingerprint density at radius 3 is 2.80 bits per heavy atom. The summed E-state index contributed by atoms with van der Waals surface area (Å²) in [7, 11) is 7.27. The van der Waals surface area contributed by atoms with Crippen LogP contribution in [0.15, 0.2) is 0 Å². The molecule has 1 aliphatic heterocycles. The van der Waals surface area contributed by atoms with Gasteiger partial charge in [-0.3, -0.25) is 0 Å². The Balaban J connectivity index is 2.41. The summed E-state index contributed by atoms with van der Waals surface area (Å²) < 4.78 is 10.5. The quantitative estimate of drug-likeness (QED) is 0.525. The molecule has 3 atom stereocenters. The molecule has 0 aromatic heterocycles. The Kier molecular flexibility index (Phi) is 2.75. The van der Waals surface area contributed by atoms with E-state index in [4.69, 9.17) is 17.3 Å². The van der Waals surface area contributed by atoms with Crippen LogP contribution < -0.4 is 0 Å². The van der Waals surface area contributed by atoms with Crippen molar-refractivity contribution in [2.24, 2.45) is 0 Å².